The van der Waals surface area contributed by atoms with Gasteiger partial charge in [0.15, 0.2) is 0 Å². The fourth-order valence-corrected chi connectivity index (χ4v) is 2.36. The SMILES string of the molecule is CC(C)OC(=O)C1Cc2cc(Br)c(Cl)cc2N1. The van der Waals surface area contributed by atoms with Gasteiger partial charge in [0.05, 0.1) is 11.1 Å². The van der Waals surface area contributed by atoms with E-state index in [-0.39, 0.29) is 18.1 Å². The summed E-state index contributed by atoms with van der Waals surface area (Å²) in [5.41, 5.74) is 1.98. The van der Waals surface area contributed by atoms with E-state index in [4.69, 9.17) is 16.3 Å². The minimum atomic E-state index is -0.308. The van der Waals surface area contributed by atoms with Crippen LogP contribution >= 0.6 is 27.5 Å². The number of hydrogen-bond acceptors (Lipinski definition) is 3. The molecule has 92 valence electrons. The van der Waals surface area contributed by atoms with Crippen molar-refractivity contribution in [2.24, 2.45) is 0 Å². The molecule has 1 unspecified atom stereocenters. The van der Waals surface area contributed by atoms with Gasteiger partial charge in [-0.3, -0.25) is 0 Å². The molecule has 5 heteroatoms. The molecule has 0 saturated carbocycles. The van der Waals surface area contributed by atoms with Crippen LogP contribution in [0.25, 0.3) is 0 Å². The predicted octanol–water partition coefficient (Wildman–Crippen LogP) is 3.39. The topological polar surface area (TPSA) is 38.3 Å². The van der Waals surface area contributed by atoms with Crippen molar-refractivity contribution in [3.05, 3.63) is 27.2 Å². The Morgan fingerprint density at radius 1 is 1.59 bits per heavy atom. The zero-order chi connectivity index (χ0) is 12.6. The second-order valence-electron chi connectivity index (χ2n) is 4.31. The van der Waals surface area contributed by atoms with Crippen LogP contribution in [-0.4, -0.2) is 18.1 Å². The molecule has 1 atom stereocenters. The Hall–Kier alpha value is -0.740. The fourth-order valence-electron chi connectivity index (χ4n) is 1.81. The van der Waals surface area contributed by atoms with Gasteiger partial charge in [0.2, 0.25) is 0 Å². The van der Waals surface area contributed by atoms with Crippen molar-refractivity contribution in [2.45, 2.75) is 32.4 Å². The molecule has 0 spiro atoms. The molecule has 0 aromatic heterocycles. The summed E-state index contributed by atoms with van der Waals surface area (Å²) in [6, 6.07) is 3.45. The summed E-state index contributed by atoms with van der Waals surface area (Å²) in [5.74, 6) is -0.219. The van der Waals surface area contributed by atoms with Crippen LogP contribution in [0, 0.1) is 0 Å². The van der Waals surface area contributed by atoms with Crippen LogP contribution in [0.1, 0.15) is 19.4 Å². The van der Waals surface area contributed by atoms with E-state index in [1.165, 1.54) is 0 Å². The zero-order valence-electron chi connectivity index (χ0n) is 9.59. The zero-order valence-corrected chi connectivity index (χ0v) is 11.9. The summed E-state index contributed by atoms with van der Waals surface area (Å²) in [7, 11) is 0. The van der Waals surface area contributed by atoms with E-state index >= 15 is 0 Å². The van der Waals surface area contributed by atoms with Crippen molar-refractivity contribution in [2.75, 3.05) is 5.32 Å². The van der Waals surface area contributed by atoms with Gasteiger partial charge in [0.1, 0.15) is 6.04 Å². The molecule has 17 heavy (non-hydrogen) atoms. The van der Waals surface area contributed by atoms with Gasteiger partial charge in [-0.25, -0.2) is 4.79 Å². The molecular formula is C12H13BrClNO2. The molecule has 0 bridgehead atoms. The van der Waals surface area contributed by atoms with Gasteiger partial charge in [-0.1, -0.05) is 11.6 Å². The summed E-state index contributed by atoms with van der Waals surface area (Å²) < 4.78 is 6.02. The Labute approximate surface area is 114 Å². The molecule has 0 fully saturated rings. The molecule has 1 heterocycles. The Kier molecular flexibility index (Phi) is 3.64. The predicted molar refractivity (Wildman–Crippen MR) is 71.5 cm³/mol. The summed E-state index contributed by atoms with van der Waals surface area (Å²) >= 11 is 9.37. The van der Waals surface area contributed by atoms with Crippen LogP contribution in [0.15, 0.2) is 16.6 Å². The minimum Gasteiger partial charge on any atom is -0.461 e. The van der Waals surface area contributed by atoms with Crippen molar-refractivity contribution >= 4 is 39.2 Å². The number of hydrogen-bond donors (Lipinski definition) is 1. The molecule has 0 radical (unpaired) electrons. The fraction of sp³-hybridized carbons (Fsp3) is 0.417. The van der Waals surface area contributed by atoms with E-state index in [1.807, 2.05) is 26.0 Å². The number of carbonyl (C=O) groups is 1. The summed E-state index contributed by atoms with van der Waals surface area (Å²) in [6.45, 7) is 3.68. The second-order valence-corrected chi connectivity index (χ2v) is 5.57. The number of anilines is 1. The van der Waals surface area contributed by atoms with Gasteiger partial charge in [0, 0.05) is 16.6 Å². The number of esters is 1. The van der Waals surface area contributed by atoms with Crippen molar-refractivity contribution in [3.8, 4) is 0 Å². The first-order valence-corrected chi connectivity index (χ1v) is 6.59. The molecule has 1 aliphatic rings. The molecule has 1 N–H and O–H groups in total. The van der Waals surface area contributed by atoms with Gasteiger partial charge in [-0.2, -0.15) is 0 Å². The molecule has 1 aromatic rings. The Morgan fingerprint density at radius 3 is 2.94 bits per heavy atom. The molecule has 3 nitrogen and oxygen atoms in total. The van der Waals surface area contributed by atoms with E-state index < -0.39 is 0 Å². The highest BCUT2D eigenvalue weighted by atomic mass is 79.9. The third-order valence-corrected chi connectivity index (χ3v) is 3.73. The highest BCUT2D eigenvalue weighted by Gasteiger charge is 2.29. The molecule has 1 aliphatic heterocycles. The molecule has 0 saturated heterocycles. The molecule has 1 aromatic carbocycles. The van der Waals surface area contributed by atoms with Gasteiger partial charge in [-0.05, 0) is 47.5 Å². The number of benzene rings is 1. The third kappa shape index (κ3) is 2.75. The lowest BCUT2D eigenvalue weighted by molar-refractivity contribution is -0.148. The highest BCUT2D eigenvalue weighted by molar-refractivity contribution is 9.10. The first-order valence-electron chi connectivity index (χ1n) is 5.42. The molecular weight excluding hydrogens is 305 g/mol. The van der Waals surface area contributed by atoms with E-state index in [0.29, 0.717) is 11.4 Å². The van der Waals surface area contributed by atoms with E-state index in [9.17, 15) is 4.79 Å². The molecule has 0 aliphatic carbocycles. The van der Waals surface area contributed by atoms with Gasteiger partial charge in [-0.15, -0.1) is 0 Å². The van der Waals surface area contributed by atoms with Crippen molar-refractivity contribution in [1.29, 1.82) is 0 Å². The third-order valence-electron chi connectivity index (χ3n) is 2.54. The number of ether oxygens (including phenoxy) is 1. The monoisotopic (exact) mass is 317 g/mol. The van der Waals surface area contributed by atoms with Crippen molar-refractivity contribution < 1.29 is 9.53 Å². The Balaban J connectivity index is 2.13. The van der Waals surface area contributed by atoms with Crippen LogP contribution in [0.2, 0.25) is 5.02 Å². The lowest BCUT2D eigenvalue weighted by atomic mass is 10.1. The summed E-state index contributed by atoms with van der Waals surface area (Å²) in [4.78, 5) is 11.8. The largest absolute Gasteiger partial charge is 0.461 e. The van der Waals surface area contributed by atoms with Crippen LogP contribution in [0.3, 0.4) is 0 Å². The first-order chi connectivity index (χ1) is 7.97. The summed E-state index contributed by atoms with van der Waals surface area (Å²) in [5, 5.41) is 3.76. The first kappa shape index (κ1) is 12.7. The normalized spacial score (nSPS) is 17.8. The van der Waals surface area contributed by atoms with Gasteiger partial charge >= 0.3 is 5.97 Å². The lowest BCUT2D eigenvalue weighted by Crippen LogP contribution is -2.30. The number of fused-ring (bicyclic) bond motifs is 1. The number of halogens is 2. The Morgan fingerprint density at radius 2 is 2.29 bits per heavy atom. The van der Waals surface area contributed by atoms with Gasteiger partial charge < -0.3 is 10.1 Å². The number of nitrogens with one attached hydrogen (secondary N) is 1. The standard InChI is InChI=1S/C12H13BrClNO2/c1-6(2)17-12(16)11-4-7-3-8(13)9(14)5-10(7)15-11/h3,5-6,11,15H,4H2,1-2H3. The van der Waals surface area contributed by atoms with Crippen molar-refractivity contribution in [1.82, 2.24) is 0 Å². The van der Waals surface area contributed by atoms with Crippen LogP contribution in [0.4, 0.5) is 5.69 Å². The molecule has 2 rings (SSSR count). The Bertz CT molecular complexity index is 431. The van der Waals surface area contributed by atoms with E-state index in [2.05, 4.69) is 21.2 Å². The quantitative estimate of drug-likeness (QED) is 0.850. The minimum absolute atomic E-state index is 0.0941. The highest BCUT2D eigenvalue weighted by Crippen LogP contribution is 2.34. The van der Waals surface area contributed by atoms with Gasteiger partial charge in [0.25, 0.3) is 0 Å². The smallest absolute Gasteiger partial charge is 0.329 e. The number of carbonyl (C=O) groups excluding carboxylic acids is 1. The summed E-state index contributed by atoms with van der Waals surface area (Å²) in [6.07, 6.45) is 0.541. The van der Waals surface area contributed by atoms with E-state index in [1.54, 1.807) is 0 Å². The maximum absolute atomic E-state index is 11.8. The average molecular weight is 319 g/mol. The average Bonchev–Trinajstić information content (AvgIpc) is 2.60. The van der Waals surface area contributed by atoms with E-state index in [0.717, 1.165) is 15.7 Å². The number of rotatable bonds is 2. The van der Waals surface area contributed by atoms with Crippen LogP contribution in [0.5, 0.6) is 0 Å². The maximum Gasteiger partial charge on any atom is 0.329 e. The van der Waals surface area contributed by atoms with Crippen LogP contribution < -0.4 is 5.32 Å². The van der Waals surface area contributed by atoms with Crippen molar-refractivity contribution in [3.63, 3.8) is 0 Å². The molecule has 0 amide bonds. The second kappa shape index (κ2) is 4.86. The maximum atomic E-state index is 11.8. The lowest BCUT2D eigenvalue weighted by Gasteiger charge is -2.13. The van der Waals surface area contributed by atoms with Crippen LogP contribution in [-0.2, 0) is 16.0 Å².